The summed E-state index contributed by atoms with van der Waals surface area (Å²) in [6, 6.07) is 0.784. The van der Waals surface area contributed by atoms with E-state index in [1.54, 1.807) is 0 Å². The first kappa shape index (κ1) is 11.4. The summed E-state index contributed by atoms with van der Waals surface area (Å²) in [5.74, 6) is 0. The lowest BCUT2D eigenvalue weighted by Crippen LogP contribution is -2.38. The van der Waals surface area contributed by atoms with Crippen LogP contribution in [0.4, 0.5) is 0 Å². The van der Waals surface area contributed by atoms with Gasteiger partial charge in [-0.15, -0.1) is 0 Å². The highest BCUT2D eigenvalue weighted by molar-refractivity contribution is 4.81. The van der Waals surface area contributed by atoms with E-state index in [-0.39, 0.29) is 0 Å². The van der Waals surface area contributed by atoms with Crippen molar-refractivity contribution >= 4 is 0 Å². The molecular weight excluding hydrogens is 184 g/mol. The first-order valence-corrected chi connectivity index (χ1v) is 6.61. The van der Waals surface area contributed by atoms with Crippen LogP contribution in [-0.2, 0) is 0 Å². The molecule has 2 heteroatoms. The second-order valence-corrected chi connectivity index (χ2v) is 6.11. The van der Waals surface area contributed by atoms with Crippen molar-refractivity contribution in [3.05, 3.63) is 0 Å². The van der Waals surface area contributed by atoms with Crippen LogP contribution in [0, 0.1) is 5.41 Å². The quantitative estimate of drug-likeness (QED) is 0.752. The molecule has 2 rings (SSSR count). The molecule has 88 valence electrons. The van der Waals surface area contributed by atoms with Gasteiger partial charge in [0.2, 0.25) is 0 Å². The fraction of sp³-hybridized carbons (Fsp3) is 1.00. The van der Waals surface area contributed by atoms with Crippen molar-refractivity contribution in [2.45, 2.75) is 52.0 Å². The van der Waals surface area contributed by atoms with Gasteiger partial charge in [-0.1, -0.05) is 13.8 Å². The minimum Gasteiger partial charge on any atom is -0.313 e. The second kappa shape index (κ2) is 4.84. The van der Waals surface area contributed by atoms with Crippen molar-refractivity contribution in [3.8, 4) is 0 Å². The molecule has 0 aliphatic carbocycles. The highest BCUT2D eigenvalue weighted by atomic mass is 15.2. The third-order valence-corrected chi connectivity index (χ3v) is 4.07. The van der Waals surface area contributed by atoms with Crippen LogP contribution in [0.1, 0.15) is 46.0 Å². The summed E-state index contributed by atoms with van der Waals surface area (Å²) in [5, 5.41) is 3.60. The van der Waals surface area contributed by atoms with Gasteiger partial charge < -0.3 is 10.2 Å². The van der Waals surface area contributed by atoms with E-state index in [9.17, 15) is 0 Å². The molecule has 2 heterocycles. The molecule has 0 bridgehead atoms. The van der Waals surface area contributed by atoms with Gasteiger partial charge in [0.1, 0.15) is 0 Å². The topological polar surface area (TPSA) is 15.3 Å². The predicted molar refractivity (Wildman–Crippen MR) is 65.1 cm³/mol. The van der Waals surface area contributed by atoms with E-state index in [1.807, 2.05) is 0 Å². The van der Waals surface area contributed by atoms with Crippen molar-refractivity contribution in [3.63, 3.8) is 0 Å². The Kier molecular flexibility index (Phi) is 3.68. The zero-order valence-corrected chi connectivity index (χ0v) is 10.4. The number of hydrogen-bond acceptors (Lipinski definition) is 2. The first-order valence-electron chi connectivity index (χ1n) is 6.61. The van der Waals surface area contributed by atoms with Gasteiger partial charge in [0.25, 0.3) is 0 Å². The average molecular weight is 210 g/mol. The molecule has 0 amide bonds. The lowest BCUT2D eigenvalue weighted by atomic mass is 9.85. The molecule has 2 aliphatic heterocycles. The third kappa shape index (κ3) is 3.46. The Morgan fingerprint density at radius 1 is 1.20 bits per heavy atom. The molecule has 15 heavy (non-hydrogen) atoms. The Labute approximate surface area is 94.4 Å². The van der Waals surface area contributed by atoms with E-state index in [0.29, 0.717) is 5.41 Å². The van der Waals surface area contributed by atoms with Crippen molar-refractivity contribution in [1.82, 2.24) is 10.2 Å². The summed E-state index contributed by atoms with van der Waals surface area (Å²) in [5.41, 5.74) is 0.581. The SMILES string of the molecule is CC1(C)CCCN(C[C@H]2CCCN2)CC1. The summed E-state index contributed by atoms with van der Waals surface area (Å²) in [7, 11) is 0. The third-order valence-electron chi connectivity index (χ3n) is 4.07. The zero-order valence-electron chi connectivity index (χ0n) is 10.4. The highest BCUT2D eigenvalue weighted by Crippen LogP contribution is 2.29. The summed E-state index contributed by atoms with van der Waals surface area (Å²) < 4.78 is 0. The normalized spacial score (nSPS) is 32.8. The molecule has 0 aromatic carbocycles. The van der Waals surface area contributed by atoms with Gasteiger partial charge in [-0.3, -0.25) is 0 Å². The van der Waals surface area contributed by atoms with Crippen LogP contribution in [0.5, 0.6) is 0 Å². The van der Waals surface area contributed by atoms with Gasteiger partial charge in [0.15, 0.2) is 0 Å². The fourth-order valence-corrected chi connectivity index (χ4v) is 2.89. The number of hydrogen-bond donors (Lipinski definition) is 1. The molecule has 2 saturated heterocycles. The van der Waals surface area contributed by atoms with Crippen molar-refractivity contribution in [1.29, 1.82) is 0 Å². The largest absolute Gasteiger partial charge is 0.313 e. The van der Waals surface area contributed by atoms with Gasteiger partial charge in [0, 0.05) is 12.6 Å². The second-order valence-electron chi connectivity index (χ2n) is 6.11. The van der Waals surface area contributed by atoms with Crippen LogP contribution >= 0.6 is 0 Å². The van der Waals surface area contributed by atoms with Crippen LogP contribution < -0.4 is 5.32 Å². The average Bonchev–Trinajstić information content (AvgIpc) is 2.60. The molecule has 0 unspecified atom stereocenters. The predicted octanol–water partition coefficient (Wildman–Crippen LogP) is 2.25. The van der Waals surface area contributed by atoms with Crippen molar-refractivity contribution < 1.29 is 0 Å². The minimum absolute atomic E-state index is 0.581. The lowest BCUT2D eigenvalue weighted by Gasteiger charge is -2.25. The van der Waals surface area contributed by atoms with Gasteiger partial charge in [-0.05, 0) is 57.2 Å². The molecule has 0 aromatic rings. The number of rotatable bonds is 2. The van der Waals surface area contributed by atoms with Gasteiger partial charge >= 0.3 is 0 Å². The summed E-state index contributed by atoms with van der Waals surface area (Å²) in [6.07, 6.45) is 6.94. The van der Waals surface area contributed by atoms with E-state index in [1.165, 1.54) is 58.3 Å². The van der Waals surface area contributed by atoms with Gasteiger partial charge in [0.05, 0.1) is 0 Å². The molecule has 2 aliphatic rings. The van der Waals surface area contributed by atoms with E-state index in [0.717, 1.165) is 6.04 Å². The Bertz CT molecular complexity index is 195. The van der Waals surface area contributed by atoms with Crippen molar-refractivity contribution in [2.75, 3.05) is 26.2 Å². The molecule has 0 radical (unpaired) electrons. The van der Waals surface area contributed by atoms with Crippen LogP contribution in [-0.4, -0.2) is 37.1 Å². The first-order chi connectivity index (χ1) is 7.16. The Hall–Kier alpha value is -0.0800. The maximum absolute atomic E-state index is 3.60. The van der Waals surface area contributed by atoms with Gasteiger partial charge in [-0.25, -0.2) is 0 Å². The monoisotopic (exact) mass is 210 g/mol. The molecule has 1 N–H and O–H groups in total. The summed E-state index contributed by atoms with van der Waals surface area (Å²) in [4.78, 5) is 2.68. The van der Waals surface area contributed by atoms with E-state index in [2.05, 4.69) is 24.1 Å². The highest BCUT2D eigenvalue weighted by Gasteiger charge is 2.25. The minimum atomic E-state index is 0.581. The van der Waals surface area contributed by atoms with Crippen molar-refractivity contribution in [2.24, 2.45) is 5.41 Å². The molecule has 2 nitrogen and oxygen atoms in total. The zero-order chi connectivity index (χ0) is 10.7. The van der Waals surface area contributed by atoms with E-state index in [4.69, 9.17) is 0 Å². The Balaban J connectivity index is 1.78. The fourth-order valence-electron chi connectivity index (χ4n) is 2.89. The molecule has 0 spiro atoms. The molecule has 0 saturated carbocycles. The number of nitrogens with one attached hydrogen (secondary N) is 1. The van der Waals surface area contributed by atoms with Crippen LogP contribution in [0.2, 0.25) is 0 Å². The molecular formula is C13H26N2. The summed E-state index contributed by atoms with van der Waals surface area (Å²) >= 11 is 0. The number of likely N-dealkylation sites (tertiary alicyclic amines) is 1. The number of nitrogens with zero attached hydrogens (tertiary/aromatic N) is 1. The van der Waals surface area contributed by atoms with Crippen LogP contribution in [0.25, 0.3) is 0 Å². The van der Waals surface area contributed by atoms with Crippen LogP contribution in [0.15, 0.2) is 0 Å². The standard InChI is InChI=1S/C13H26N2/c1-13(2)6-4-9-15(10-7-13)11-12-5-3-8-14-12/h12,14H,3-11H2,1-2H3/t12-/m1/s1. The molecule has 0 aromatic heterocycles. The Morgan fingerprint density at radius 3 is 2.80 bits per heavy atom. The van der Waals surface area contributed by atoms with E-state index >= 15 is 0 Å². The van der Waals surface area contributed by atoms with E-state index < -0.39 is 0 Å². The Morgan fingerprint density at radius 2 is 2.07 bits per heavy atom. The van der Waals surface area contributed by atoms with Gasteiger partial charge in [-0.2, -0.15) is 0 Å². The summed E-state index contributed by atoms with van der Waals surface area (Å²) in [6.45, 7) is 10.0. The molecule has 1 atom stereocenters. The molecule has 2 fully saturated rings. The maximum Gasteiger partial charge on any atom is 0.0195 e. The lowest BCUT2D eigenvalue weighted by molar-refractivity contribution is 0.243. The van der Waals surface area contributed by atoms with Crippen LogP contribution in [0.3, 0.4) is 0 Å². The smallest absolute Gasteiger partial charge is 0.0195 e. The maximum atomic E-state index is 3.60.